The van der Waals surface area contributed by atoms with E-state index in [1.165, 1.54) is 30.5 Å². The van der Waals surface area contributed by atoms with Gasteiger partial charge in [-0.25, -0.2) is 0 Å². The maximum absolute atomic E-state index is 12.4. The molecule has 0 saturated heterocycles. The van der Waals surface area contributed by atoms with E-state index in [2.05, 4.69) is 4.98 Å². The van der Waals surface area contributed by atoms with Crippen LogP contribution >= 0.6 is 0 Å². The first-order valence-corrected chi connectivity index (χ1v) is 5.16. The Morgan fingerprint density at radius 1 is 1.00 bits per heavy atom. The number of aromatic nitrogens is 1. The largest absolute Gasteiger partial charge is 0.416 e. The predicted molar refractivity (Wildman–Crippen MR) is 61.3 cm³/mol. The zero-order chi connectivity index (χ0) is 14.0. The number of rotatable bonds is 2. The average molecular weight is 268 g/mol. The van der Waals surface area contributed by atoms with Gasteiger partial charge >= 0.3 is 12.0 Å². The number of hydrogen-bond acceptors (Lipinski definition) is 3. The van der Waals surface area contributed by atoms with Crippen molar-refractivity contribution in [2.75, 3.05) is 0 Å². The molecule has 0 bridgehead atoms. The Bertz CT molecular complexity index is 592. The predicted octanol–water partition coefficient (Wildman–Crippen LogP) is 3.68. The van der Waals surface area contributed by atoms with Crippen LogP contribution in [0.1, 0.15) is 5.56 Å². The maximum Gasteiger partial charge on any atom is 0.416 e. The Balaban J connectivity index is 2.30. The lowest BCUT2D eigenvalue weighted by Crippen LogP contribution is -2.04. The summed E-state index contributed by atoms with van der Waals surface area (Å²) in [5, 5.41) is 10.4. The van der Waals surface area contributed by atoms with Crippen LogP contribution in [0.15, 0.2) is 42.6 Å². The lowest BCUT2D eigenvalue weighted by Gasteiger charge is -2.07. The van der Waals surface area contributed by atoms with E-state index in [0.717, 1.165) is 12.1 Å². The first kappa shape index (κ1) is 13.0. The van der Waals surface area contributed by atoms with E-state index in [9.17, 15) is 23.3 Å². The van der Waals surface area contributed by atoms with Gasteiger partial charge in [-0.3, -0.25) is 0 Å². The van der Waals surface area contributed by atoms with Crippen LogP contribution in [0.2, 0.25) is 0 Å². The van der Waals surface area contributed by atoms with E-state index in [1.807, 2.05) is 0 Å². The topological polar surface area (TPSA) is 56.0 Å². The highest BCUT2D eigenvalue weighted by atomic mass is 19.4. The van der Waals surface area contributed by atoms with Crippen molar-refractivity contribution < 1.29 is 18.1 Å². The second-order valence-corrected chi connectivity index (χ2v) is 3.74. The van der Waals surface area contributed by atoms with Gasteiger partial charge in [0.2, 0.25) is 0 Å². The zero-order valence-electron chi connectivity index (χ0n) is 9.39. The monoisotopic (exact) mass is 268 g/mol. The van der Waals surface area contributed by atoms with E-state index >= 15 is 0 Å². The molecule has 0 spiro atoms. The molecule has 1 aromatic heterocycles. The fraction of sp³-hybridized carbons (Fsp3) is 0.0833. The van der Waals surface area contributed by atoms with Gasteiger partial charge in [-0.1, -0.05) is 12.1 Å². The molecule has 4 nitrogen and oxygen atoms in total. The minimum absolute atomic E-state index is 0.310. The van der Waals surface area contributed by atoms with Crippen molar-refractivity contribution in [1.82, 2.24) is 4.98 Å². The third-order valence-corrected chi connectivity index (χ3v) is 2.48. The summed E-state index contributed by atoms with van der Waals surface area (Å²) in [5.41, 5.74) is 0.279. The van der Waals surface area contributed by atoms with Crippen LogP contribution in [0, 0.1) is 10.1 Å². The van der Waals surface area contributed by atoms with Crippen LogP contribution in [0.4, 0.5) is 19.0 Å². The lowest BCUT2D eigenvalue weighted by atomic mass is 10.1. The van der Waals surface area contributed by atoms with Crippen molar-refractivity contribution in [3.8, 4) is 11.1 Å². The zero-order valence-corrected chi connectivity index (χ0v) is 9.39. The van der Waals surface area contributed by atoms with Crippen LogP contribution in [-0.2, 0) is 6.18 Å². The van der Waals surface area contributed by atoms with Crippen molar-refractivity contribution in [2.24, 2.45) is 0 Å². The van der Waals surface area contributed by atoms with Gasteiger partial charge in [0.05, 0.1) is 5.56 Å². The van der Waals surface area contributed by atoms with Crippen molar-refractivity contribution in [1.29, 1.82) is 0 Å². The summed E-state index contributed by atoms with van der Waals surface area (Å²) in [6.45, 7) is 0. The summed E-state index contributed by atoms with van der Waals surface area (Å²) in [6, 6.07) is 7.14. The van der Waals surface area contributed by atoms with Gasteiger partial charge in [0.25, 0.3) is 0 Å². The van der Waals surface area contributed by atoms with Crippen LogP contribution in [0.3, 0.4) is 0 Å². The van der Waals surface area contributed by atoms with Crippen molar-refractivity contribution >= 4 is 5.82 Å². The molecule has 0 saturated carbocycles. The number of pyridine rings is 1. The Hall–Kier alpha value is -2.44. The van der Waals surface area contributed by atoms with E-state index in [0.29, 0.717) is 11.1 Å². The molecule has 2 aromatic rings. The molecule has 1 heterocycles. The van der Waals surface area contributed by atoms with Crippen LogP contribution in [0.5, 0.6) is 0 Å². The van der Waals surface area contributed by atoms with E-state index in [4.69, 9.17) is 0 Å². The van der Waals surface area contributed by atoms with Crippen molar-refractivity contribution in [3.63, 3.8) is 0 Å². The van der Waals surface area contributed by atoms with E-state index in [1.54, 1.807) is 0 Å². The number of nitrogens with zero attached hydrogens (tertiary/aromatic N) is 2. The van der Waals surface area contributed by atoms with Gasteiger partial charge in [0.15, 0.2) is 0 Å². The number of alkyl halides is 3. The lowest BCUT2D eigenvalue weighted by molar-refractivity contribution is -0.389. The third kappa shape index (κ3) is 2.87. The van der Waals surface area contributed by atoms with Crippen molar-refractivity contribution in [3.05, 3.63) is 58.3 Å². The van der Waals surface area contributed by atoms with Crippen LogP contribution in [-0.4, -0.2) is 9.91 Å². The molecule has 1 aromatic carbocycles. The molecule has 0 unspecified atom stereocenters. The van der Waals surface area contributed by atoms with E-state index in [-0.39, 0.29) is 5.82 Å². The first-order valence-electron chi connectivity index (χ1n) is 5.16. The van der Waals surface area contributed by atoms with Crippen molar-refractivity contribution in [2.45, 2.75) is 6.18 Å². The molecule has 0 fully saturated rings. The Morgan fingerprint density at radius 3 is 2.00 bits per heavy atom. The highest BCUT2D eigenvalue weighted by molar-refractivity contribution is 5.63. The Labute approximate surface area is 105 Å². The second kappa shape index (κ2) is 4.68. The molecule has 98 valence electrons. The van der Waals surface area contributed by atoms with E-state index < -0.39 is 16.7 Å². The van der Waals surface area contributed by atoms with Gasteiger partial charge in [-0.15, -0.1) is 0 Å². The molecule has 0 radical (unpaired) electrons. The Kier molecular flexibility index (Phi) is 3.20. The Morgan fingerprint density at radius 2 is 1.58 bits per heavy atom. The fourth-order valence-corrected chi connectivity index (χ4v) is 1.52. The molecule has 0 aliphatic rings. The maximum atomic E-state index is 12.4. The van der Waals surface area contributed by atoms with Crippen LogP contribution < -0.4 is 0 Å². The highest BCUT2D eigenvalue weighted by Gasteiger charge is 2.29. The standard InChI is InChI=1S/C12H7F3N2O2/c13-12(14,15)10-4-1-8(2-5-10)9-3-6-11(16-7-9)17(18)19/h1-7H. The SMILES string of the molecule is O=[N+]([O-])c1ccc(-c2ccc(C(F)(F)F)cc2)cn1. The van der Waals surface area contributed by atoms with Gasteiger partial charge in [0.1, 0.15) is 6.20 Å². The summed E-state index contributed by atoms with van der Waals surface area (Å²) < 4.78 is 37.1. The molecular weight excluding hydrogens is 261 g/mol. The molecule has 7 heteroatoms. The van der Waals surface area contributed by atoms with Gasteiger partial charge < -0.3 is 10.1 Å². The average Bonchev–Trinajstić information content (AvgIpc) is 2.38. The number of nitro groups is 1. The molecule has 19 heavy (non-hydrogen) atoms. The molecule has 0 N–H and O–H groups in total. The minimum Gasteiger partial charge on any atom is -0.358 e. The van der Waals surface area contributed by atoms with Gasteiger partial charge in [-0.05, 0) is 33.7 Å². The summed E-state index contributed by atoms with van der Waals surface area (Å²) >= 11 is 0. The molecule has 0 aliphatic heterocycles. The molecule has 0 amide bonds. The molecule has 0 aliphatic carbocycles. The molecule has 2 rings (SSSR count). The highest BCUT2D eigenvalue weighted by Crippen LogP contribution is 2.30. The first-order chi connectivity index (χ1) is 8.88. The molecular formula is C12H7F3N2O2. The fourth-order valence-electron chi connectivity index (χ4n) is 1.52. The number of hydrogen-bond donors (Lipinski definition) is 0. The summed E-state index contributed by atoms with van der Waals surface area (Å²) in [4.78, 5) is 13.4. The molecule has 0 atom stereocenters. The van der Waals surface area contributed by atoms with Crippen LogP contribution in [0.25, 0.3) is 11.1 Å². The number of benzene rings is 1. The summed E-state index contributed by atoms with van der Waals surface area (Å²) in [6.07, 6.45) is -3.13. The minimum atomic E-state index is -4.38. The van der Waals surface area contributed by atoms with Gasteiger partial charge in [0, 0.05) is 11.6 Å². The quantitative estimate of drug-likeness (QED) is 0.616. The number of halogens is 3. The summed E-state index contributed by atoms with van der Waals surface area (Å²) in [5.74, 6) is -0.310. The third-order valence-electron chi connectivity index (χ3n) is 2.48. The smallest absolute Gasteiger partial charge is 0.358 e. The summed E-state index contributed by atoms with van der Waals surface area (Å²) in [7, 11) is 0. The van der Waals surface area contributed by atoms with Gasteiger partial charge in [-0.2, -0.15) is 13.2 Å². The second-order valence-electron chi connectivity index (χ2n) is 3.74. The normalized spacial score (nSPS) is 11.3.